The molecule has 2 amide bonds. The van der Waals surface area contributed by atoms with Crippen molar-refractivity contribution < 1.29 is 14.3 Å². The molecular weight excluding hydrogens is 386 g/mol. The number of amides is 2. The molecule has 154 valence electrons. The van der Waals surface area contributed by atoms with Crippen molar-refractivity contribution in [1.82, 2.24) is 16.2 Å². The van der Waals surface area contributed by atoms with Crippen molar-refractivity contribution in [2.75, 3.05) is 6.61 Å². The van der Waals surface area contributed by atoms with E-state index in [9.17, 15) is 9.59 Å². The smallest absolute Gasteiger partial charge is 0.276 e. The first-order chi connectivity index (χ1) is 14.1. The third-order valence-corrected chi connectivity index (χ3v) is 5.37. The van der Waals surface area contributed by atoms with Gasteiger partial charge in [-0.1, -0.05) is 62.4 Å². The van der Waals surface area contributed by atoms with E-state index < -0.39 is 5.91 Å². The number of carbonyl (C=O) groups excluding carboxylic acids is 2. The largest absolute Gasteiger partial charge is 0.484 e. The average Bonchev–Trinajstić information content (AvgIpc) is 2.75. The Balaban J connectivity index is 1.32. The molecule has 7 heteroatoms. The van der Waals surface area contributed by atoms with Gasteiger partial charge in [0.2, 0.25) is 5.91 Å². The highest BCUT2D eigenvalue weighted by molar-refractivity contribution is 7.80. The van der Waals surface area contributed by atoms with Crippen molar-refractivity contribution in [3.8, 4) is 5.75 Å². The first-order valence-electron chi connectivity index (χ1n) is 10.1. The number of fused-ring (bicyclic) bond motifs is 1. The molecule has 0 bridgehead atoms. The van der Waals surface area contributed by atoms with E-state index in [4.69, 9.17) is 17.0 Å². The zero-order valence-electron chi connectivity index (χ0n) is 16.4. The van der Waals surface area contributed by atoms with Crippen LogP contribution in [0.2, 0.25) is 0 Å². The predicted octanol–water partition coefficient (Wildman–Crippen LogP) is 3.60. The van der Waals surface area contributed by atoms with Crippen LogP contribution in [0, 0.1) is 5.92 Å². The number of rotatable bonds is 6. The van der Waals surface area contributed by atoms with E-state index >= 15 is 0 Å². The molecule has 0 atom stereocenters. The van der Waals surface area contributed by atoms with Gasteiger partial charge in [-0.05, 0) is 47.5 Å². The van der Waals surface area contributed by atoms with Gasteiger partial charge in [0.1, 0.15) is 5.75 Å². The quantitative estimate of drug-likeness (QED) is 0.498. The minimum Gasteiger partial charge on any atom is -0.484 e. The summed E-state index contributed by atoms with van der Waals surface area (Å²) in [5, 5.41) is 4.83. The van der Waals surface area contributed by atoms with Crippen LogP contribution in [0.1, 0.15) is 44.9 Å². The Morgan fingerprint density at radius 3 is 2.52 bits per heavy atom. The summed E-state index contributed by atoms with van der Waals surface area (Å²) in [7, 11) is 0. The molecule has 0 radical (unpaired) electrons. The molecule has 0 spiro atoms. The molecule has 1 saturated carbocycles. The minimum atomic E-state index is -0.392. The molecule has 0 saturated heterocycles. The minimum absolute atomic E-state index is 0.0812. The number of nitrogens with one attached hydrogen (secondary N) is 3. The van der Waals surface area contributed by atoms with E-state index in [0.717, 1.165) is 17.2 Å². The summed E-state index contributed by atoms with van der Waals surface area (Å²) in [6, 6.07) is 13.6. The van der Waals surface area contributed by atoms with Crippen molar-refractivity contribution in [3.05, 3.63) is 42.5 Å². The summed E-state index contributed by atoms with van der Waals surface area (Å²) in [5.74, 6) is 0.729. The Labute approximate surface area is 176 Å². The Hall–Kier alpha value is -2.67. The lowest BCUT2D eigenvalue weighted by molar-refractivity contribution is -0.124. The number of hydrogen-bond donors (Lipinski definition) is 3. The Morgan fingerprint density at radius 1 is 0.966 bits per heavy atom. The Bertz CT molecular complexity index is 865. The molecule has 1 fully saturated rings. The standard InChI is InChI=1S/C22H27N3O3S/c26-20(13-10-16-6-2-1-3-7-16)23-22(29)25-24-21(27)15-28-19-12-11-17-8-4-5-9-18(17)14-19/h4-5,8-9,11-12,14,16H,1-3,6-7,10,13,15H2,(H,24,27)(H2,23,25,26,29). The van der Waals surface area contributed by atoms with Gasteiger partial charge >= 0.3 is 0 Å². The van der Waals surface area contributed by atoms with Gasteiger partial charge in [0.15, 0.2) is 11.7 Å². The van der Waals surface area contributed by atoms with Crippen molar-refractivity contribution in [2.24, 2.45) is 5.92 Å². The fourth-order valence-electron chi connectivity index (χ4n) is 3.60. The first-order valence-corrected chi connectivity index (χ1v) is 10.5. The van der Waals surface area contributed by atoms with E-state index in [1.54, 1.807) is 0 Å². The van der Waals surface area contributed by atoms with Crippen LogP contribution in [-0.4, -0.2) is 23.5 Å². The lowest BCUT2D eigenvalue weighted by Gasteiger charge is -2.21. The molecule has 6 nitrogen and oxygen atoms in total. The number of ether oxygens (including phenoxy) is 1. The number of thiocarbonyl (C=S) groups is 1. The number of benzene rings is 2. The van der Waals surface area contributed by atoms with Gasteiger partial charge in [-0.3, -0.25) is 20.4 Å². The van der Waals surface area contributed by atoms with Crippen LogP contribution < -0.4 is 20.9 Å². The van der Waals surface area contributed by atoms with E-state index in [1.807, 2.05) is 42.5 Å². The number of carbonyl (C=O) groups is 2. The Kier molecular flexibility index (Phi) is 7.81. The Morgan fingerprint density at radius 2 is 1.72 bits per heavy atom. The number of hydrazine groups is 1. The second kappa shape index (κ2) is 10.8. The van der Waals surface area contributed by atoms with Crippen LogP contribution in [0.5, 0.6) is 5.75 Å². The van der Waals surface area contributed by atoms with E-state index in [0.29, 0.717) is 18.1 Å². The second-order valence-corrected chi connectivity index (χ2v) is 7.80. The molecule has 2 aromatic rings. The zero-order valence-corrected chi connectivity index (χ0v) is 17.2. The molecule has 1 aliphatic carbocycles. The maximum absolute atomic E-state index is 12.0. The molecule has 1 aliphatic rings. The van der Waals surface area contributed by atoms with Gasteiger partial charge < -0.3 is 10.1 Å². The van der Waals surface area contributed by atoms with Gasteiger partial charge in [0.05, 0.1) is 0 Å². The maximum Gasteiger partial charge on any atom is 0.276 e. The zero-order chi connectivity index (χ0) is 20.5. The molecule has 0 heterocycles. The predicted molar refractivity (Wildman–Crippen MR) is 117 cm³/mol. The van der Waals surface area contributed by atoms with Crippen LogP contribution in [0.4, 0.5) is 0 Å². The lowest BCUT2D eigenvalue weighted by atomic mass is 9.86. The van der Waals surface area contributed by atoms with Gasteiger partial charge in [0, 0.05) is 6.42 Å². The normalized spacial score (nSPS) is 14.2. The summed E-state index contributed by atoms with van der Waals surface area (Å²) in [6.45, 7) is -0.163. The summed E-state index contributed by atoms with van der Waals surface area (Å²) in [6.07, 6.45) is 7.60. The molecule has 0 aliphatic heterocycles. The van der Waals surface area contributed by atoms with Crippen molar-refractivity contribution in [3.63, 3.8) is 0 Å². The van der Waals surface area contributed by atoms with Gasteiger partial charge in [-0.2, -0.15) is 0 Å². The second-order valence-electron chi connectivity index (χ2n) is 7.39. The van der Waals surface area contributed by atoms with E-state index in [-0.39, 0.29) is 17.6 Å². The van der Waals surface area contributed by atoms with Gasteiger partial charge in [-0.15, -0.1) is 0 Å². The van der Waals surface area contributed by atoms with Crippen LogP contribution in [0.3, 0.4) is 0 Å². The summed E-state index contributed by atoms with van der Waals surface area (Å²) < 4.78 is 5.51. The van der Waals surface area contributed by atoms with Gasteiger partial charge in [-0.25, -0.2) is 0 Å². The first kappa shape index (κ1) is 21.0. The topological polar surface area (TPSA) is 79.5 Å². The number of hydrogen-bond acceptors (Lipinski definition) is 4. The fraction of sp³-hybridized carbons (Fsp3) is 0.409. The monoisotopic (exact) mass is 413 g/mol. The molecule has 0 unspecified atom stereocenters. The highest BCUT2D eigenvalue weighted by atomic mass is 32.1. The van der Waals surface area contributed by atoms with Gasteiger partial charge in [0.25, 0.3) is 5.91 Å². The van der Waals surface area contributed by atoms with E-state index in [2.05, 4.69) is 16.2 Å². The van der Waals surface area contributed by atoms with Crippen LogP contribution >= 0.6 is 12.2 Å². The molecule has 2 aromatic carbocycles. The van der Waals surface area contributed by atoms with Crippen molar-refractivity contribution in [1.29, 1.82) is 0 Å². The third kappa shape index (κ3) is 7.02. The lowest BCUT2D eigenvalue weighted by Crippen LogP contribution is -2.49. The molecule has 3 N–H and O–H groups in total. The molecular formula is C22H27N3O3S. The van der Waals surface area contributed by atoms with Crippen molar-refractivity contribution >= 4 is 39.9 Å². The fourth-order valence-corrected chi connectivity index (χ4v) is 3.76. The molecule has 0 aromatic heterocycles. The average molecular weight is 414 g/mol. The van der Waals surface area contributed by atoms with Crippen LogP contribution in [0.15, 0.2) is 42.5 Å². The SMILES string of the molecule is O=C(COc1ccc2ccccc2c1)NNC(=S)NC(=O)CCC1CCCCC1. The summed E-state index contributed by atoms with van der Waals surface area (Å²) in [4.78, 5) is 23.9. The van der Waals surface area contributed by atoms with E-state index in [1.165, 1.54) is 32.1 Å². The van der Waals surface area contributed by atoms with Crippen LogP contribution in [0.25, 0.3) is 10.8 Å². The highest BCUT2D eigenvalue weighted by Crippen LogP contribution is 2.27. The molecule has 29 heavy (non-hydrogen) atoms. The summed E-state index contributed by atoms with van der Waals surface area (Å²) >= 11 is 5.05. The highest BCUT2D eigenvalue weighted by Gasteiger charge is 2.15. The van der Waals surface area contributed by atoms with Crippen LogP contribution in [-0.2, 0) is 9.59 Å². The third-order valence-electron chi connectivity index (χ3n) is 5.16. The van der Waals surface area contributed by atoms with Crippen molar-refractivity contribution in [2.45, 2.75) is 44.9 Å². The summed E-state index contributed by atoms with van der Waals surface area (Å²) in [5.41, 5.74) is 4.97. The molecule has 3 rings (SSSR count). The maximum atomic E-state index is 12.0.